The van der Waals surface area contributed by atoms with E-state index in [-0.39, 0.29) is 17.5 Å². The van der Waals surface area contributed by atoms with Gasteiger partial charge in [0.05, 0.1) is 11.0 Å². The van der Waals surface area contributed by atoms with E-state index in [1.807, 2.05) is 27.7 Å². The lowest BCUT2D eigenvalue weighted by Gasteiger charge is -2.26. The largest absolute Gasteiger partial charge is 0.343 e. The van der Waals surface area contributed by atoms with E-state index in [0.29, 0.717) is 37.9 Å². The summed E-state index contributed by atoms with van der Waals surface area (Å²) in [6.45, 7) is 7.93. The molecule has 34 heavy (non-hydrogen) atoms. The van der Waals surface area contributed by atoms with E-state index < -0.39 is 40.8 Å². The standard InChI is InChI=1S/C23H38N6O5/c1-14(2)13-19(28-23(32)20(25)15(3)4)22(31)27-18(7-5-6-12-24)21(30)26-16-8-10-17(11-9-16)29(33)34/h8-11,14-15,18-20H,5-7,12-13,24-25H2,1-4H3,(H,26,30)(H,27,31)(H,28,32)/t18-,19+,20+/m1/s1. The molecule has 0 spiro atoms. The van der Waals surface area contributed by atoms with Crippen LogP contribution in [0.2, 0.25) is 0 Å². The van der Waals surface area contributed by atoms with Gasteiger partial charge in [0, 0.05) is 17.8 Å². The van der Waals surface area contributed by atoms with Crippen LogP contribution in [-0.2, 0) is 14.4 Å². The first-order valence-electron chi connectivity index (χ1n) is 11.6. The normalized spacial score (nSPS) is 13.8. The van der Waals surface area contributed by atoms with E-state index in [1.165, 1.54) is 24.3 Å². The molecule has 0 fully saturated rings. The van der Waals surface area contributed by atoms with E-state index in [0.717, 1.165) is 0 Å². The number of carbonyl (C=O) groups is 3. The highest BCUT2D eigenvalue weighted by molar-refractivity contribution is 5.98. The molecule has 11 nitrogen and oxygen atoms in total. The molecule has 0 unspecified atom stereocenters. The number of anilines is 1. The third-order valence-electron chi connectivity index (χ3n) is 5.29. The van der Waals surface area contributed by atoms with Crippen LogP contribution in [0, 0.1) is 22.0 Å². The molecule has 7 N–H and O–H groups in total. The van der Waals surface area contributed by atoms with E-state index in [2.05, 4.69) is 16.0 Å². The first-order chi connectivity index (χ1) is 16.0. The van der Waals surface area contributed by atoms with Crippen LogP contribution >= 0.6 is 0 Å². The quantitative estimate of drug-likeness (QED) is 0.153. The van der Waals surface area contributed by atoms with Gasteiger partial charge in [-0.1, -0.05) is 27.7 Å². The molecule has 1 aromatic carbocycles. The molecule has 190 valence electrons. The number of amides is 3. The number of nitro benzene ring substituents is 1. The summed E-state index contributed by atoms with van der Waals surface area (Å²) in [4.78, 5) is 48.8. The molecule has 0 aliphatic rings. The minimum Gasteiger partial charge on any atom is -0.343 e. The molecule has 0 heterocycles. The highest BCUT2D eigenvalue weighted by atomic mass is 16.6. The Morgan fingerprint density at radius 2 is 1.53 bits per heavy atom. The average Bonchev–Trinajstić information content (AvgIpc) is 2.77. The van der Waals surface area contributed by atoms with Crippen LogP contribution in [-0.4, -0.2) is 47.3 Å². The summed E-state index contributed by atoms with van der Waals surface area (Å²) in [5, 5.41) is 19.0. The smallest absolute Gasteiger partial charge is 0.269 e. The van der Waals surface area contributed by atoms with E-state index in [9.17, 15) is 24.5 Å². The lowest BCUT2D eigenvalue weighted by atomic mass is 10.00. The topological polar surface area (TPSA) is 182 Å². The Bertz CT molecular complexity index is 828. The molecule has 0 aliphatic heterocycles. The van der Waals surface area contributed by atoms with Crippen molar-refractivity contribution in [3.8, 4) is 0 Å². The number of carbonyl (C=O) groups excluding carboxylic acids is 3. The Morgan fingerprint density at radius 3 is 2.03 bits per heavy atom. The van der Waals surface area contributed by atoms with Gasteiger partial charge in [-0.25, -0.2) is 0 Å². The van der Waals surface area contributed by atoms with Crippen molar-refractivity contribution < 1.29 is 19.3 Å². The van der Waals surface area contributed by atoms with Crippen molar-refractivity contribution in [3.63, 3.8) is 0 Å². The molecule has 1 aromatic rings. The van der Waals surface area contributed by atoms with Crippen LogP contribution in [0.3, 0.4) is 0 Å². The number of non-ortho nitro benzene ring substituents is 1. The number of nitro groups is 1. The van der Waals surface area contributed by atoms with Gasteiger partial charge in [0.15, 0.2) is 0 Å². The lowest BCUT2D eigenvalue weighted by Crippen LogP contribution is -2.56. The second kappa shape index (κ2) is 14.3. The fraction of sp³-hybridized carbons (Fsp3) is 0.609. The zero-order chi connectivity index (χ0) is 25.8. The third-order valence-corrected chi connectivity index (χ3v) is 5.29. The van der Waals surface area contributed by atoms with Gasteiger partial charge >= 0.3 is 0 Å². The maximum Gasteiger partial charge on any atom is 0.269 e. The second-order valence-electron chi connectivity index (χ2n) is 9.10. The number of nitrogens with two attached hydrogens (primary N) is 2. The van der Waals surface area contributed by atoms with Crippen molar-refractivity contribution in [1.29, 1.82) is 0 Å². The summed E-state index contributed by atoms with van der Waals surface area (Å²) in [6, 6.07) is 2.93. The minimum absolute atomic E-state index is 0.0979. The highest BCUT2D eigenvalue weighted by Gasteiger charge is 2.29. The number of nitrogens with one attached hydrogen (secondary N) is 3. The Labute approximate surface area is 200 Å². The molecule has 0 saturated carbocycles. The number of unbranched alkanes of at least 4 members (excludes halogenated alkanes) is 1. The summed E-state index contributed by atoms with van der Waals surface area (Å²) in [5.41, 5.74) is 11.8. The molecular weight excluding hydrogens is 440 g/mol. The van der Waals surface area contributed by atoms with Crippen LogP contribution < -0.4 is 27.4 Å². The zero-order valence-electron chi connectivity index (χ0n) is 20.4. The molecule has 0 saturated heterocycles. The predicted molar refractivity (Wildman–Crippen MR) is 131 cm³/mol. The number of hydrogen-bond donors (Lipinski definition) is 5. The minimum atomic E-state index is -0.875. The lowest BCUT2D eigenvalue weighted by molar-refractivity contribution is -0.384. The Kier molecular flexibility index (Phi) is 12.2. The van der Waals surface area contributed by atoms with Gasteiger partial charge < -0.3 is 27.4 Å². The number of nitrogens with zero attached hydrogens (tertiary/aromatic N) is 1. The van der Waals surface area contributed by atoms with Gasteiger partial charge in [-0.3, -0.25) is 24.5 Å². The fourth-order valence-electron chi connectivity index (χ4n) is 3.20. The molecule has 0 aromatic heterocycles. The van der Waals surface area contributed by atoms with E-state index >= 15 is 0 Å². The van der Waals surface area contributed by atoms with Crippen LogP contribution in [0.4, 0.5) is 11.4 Å². The molecule has 0 aliphatic carbocycles. The van der Waals surface area contributed by atoms with Crippen molar-refractivity contribution in [2.75, 3.05) is 11.9 Å². The molecule has 0 bridgehead atoms. The van der Waals surface area contributed by atoms with Crippen molar-refractivity contribution in [2.24, 2.45) is 23.3 Å². The monoisotopic (exact) mass is 478 g/mol. The Balaban J connectivity index is 2.97. The number of benzene rings is 1. The van der Waals surface area contributed by atoms with Gasteiger partial charge in [0.25, 0.3) is 5.69 Å². The molecule has 3 atom stereocenters. The first-order valence-corrected chi connectivity index (χ1v) is 11.6. The molecular formula is C23H38N6O5. The third kappa shape index (κ3) is 9.84. The van der Waals surface area contributed by atoms with Crippen LogP contribution in [0.15, 0.2) is 24.3 Å². The second-order valence-corrected chi connectivity index (χ2v) is 9.10. The highest BCUT2D eigenvalue weighted by Crippen LogP contribution is 2.16. The molecule has 0 radical (unpaired) electrons. The summed E-state index contributed by atoms with van der Waals surface area (Å²) in [6.07, 6.45) is 2.00. The fourth-order valence-corrected chi connectivity index (χ4v) is 3.20. The molecule has 3 amide bonds. The predicted octanol–water partition coefficient (Wildman–Crippen LogP) is 1.66. The van der Waals surface area contributed by atoms with Crippen LogP contribution in [0.1, 0.15) is 53.4 Å². The Morgan fingerprint density at radius 1 is 0.941 bits per heavy atom. The van der Waals surface area contributed by atoms with E-state index in [1.54, 1.807) is 0 Å². The van der Waals surface area contributed by atoms with Crippen molar-refractivity contribution in [1.82, 2.24) is 10.6 Å². The van der Waals surface area contributed by atoms with Crippen molar-refractivity contribution >= 4 is 29.1 Å². The summed E-state index contributed by atoms with van der Waals surface area (Å²) in [7, 11) is 0. The van der Waals surface area contributed by atoms with Gasteiger partial charge in [0.1, 0.15) is 12.1 Å². The first kappa shape index (κ1) is 29.0. The summed E-state index contributed by atoms with van der Waals surface area (Å²) in [5.74, 6) is -1.36. The number of rotatable bonds is 14. The molecule has 11 heteroatoms. The van der Waals surface area contributed by atoms with Crippen LogP contribution in [0.25, 0.3) is 0 Å². The van der Waals surface area contributed by atoms with Gasteiger partial charge in [-0.05, 0) is 56.2 Å². The maximum atomic E-state index is 13.1. The van der Waals surface area contributed by atoms with Gasteiger partial charge in [-0.15, -0.1) is 0 Å². The van der Waals surface area contributed by atoms with Gasteiger partial charge in [-0.2, -0.15) is 0 Å². The number of hydrogen-bond acceptors (Lipinski definition) is 7. The van der Waals surface area contributed by atoms with Gasteiger partial charge in [0.2, 0.25) is 17.7 Å². The van der Waals surface area contributed by atoms with Crippen LogP contribution in [0.5, 0.6) is 0 Å². The summed E-state index contributed by atoms with van der Waals surface area (Å²) >= 11 is 0. The van der Waals surface area contributed by atoms with E-state index in [4.69, 9.17) is 11.5 Å². The van der Waals surface area contributed by atoms with Crippen molar-refractivity contribution in [3.05, 3.63) is 34.4 Å². The average molecular weight is 479 g/mol. The summed E-state index contributed by atoms with van der Waals surface area (Å²) < 4.78 is 0. The Hall–Kier alpha value is -3.05. The maximum absolute atomic E-state index is 13.1. The SMILES string of the molecule is CC(C)C[C@H](NC(=O)[C@@H](N)C(C)C)C(=O)N[C@H](CCCCN)C(=O)Nc1ccc([N+](=O)[O-])cc1. The zero-order valence-corrected chi connectivity index (χ0v) is 20.4. The van der Waals surface area contributed by atoms with Crippen molar-refractivity contribution in [2.45, 2.75) is 71.5 Å². The molecule has 1 rings (SSSR count).